The number of ether oxygens (including phenoxy) is 1. The van der Waals surface area contributed by atoms with Gasteiger partial charge in [-0.2, -0.15) is 4.37 Å². The quantitative estimate of drug-likeness (QED) is 0.363. The number of aryl methyl sites for hydroxylation is 1. The predicted octanol–water partition coefficient (Wildman–Crippen LogP) is 2.52. The third-order valence-electron chi connectivity index (χ3n) is 5.99. The van der Waals surface area contributed by atoms with Crippen molar-refractivity contribution in [2.45, 2.75) is 31.9 Å². The third-order valence-corrected chi connectivity index (χ3v) is 6.84. The minimum absolute atomic E-state index is 0.0113. The van der Waals surface area contributed by atoms with E-state index in [1.54, 1.807) is 24.3 Å². The number of carbonyl (C=O) groups excluding carboxylic acids is 3. The van der Waals surface area contributed by atoms with Crippen LogP contribution in [-0.4, -0.2) is 46.5 Å². The molecule has 36 heavy (non-hydrogen) atoms. The number of primary amides is 1. The van der Waals surface area contributed by atoms with E-state index in [1.165, 1.54) is 17.0 Å². The minimum atomic E-state index is -1.13. The van der Waals surface area contributed by atoms with E-state index in [4.69, 9.17) is 16.2 Å². The van der Waals surface area contributed by atoms with E-state index in [2.05, 4.69) is 9.69 Å². The smallest absolute Gasteiger partial charge is 0.273 e. The summed E-state index contributed by atoms with van der Waals surface area (Å²) >= 11 is 0.743. The number of phenolic OH excluding ortho intramolecular Hbond substituents is 1. The lowest BCUT2D eigenvalue weighted by molar-refractivity contribution is -0.123. The number of carbonyl (C=O) groups is 3. The van der Waals surface area contributed by atoms with Crippen molar-refractivity contribution >= 4 is 40.6 Å². The number of hydrogen-bond acceptors (Lipinski definition) is 8. The fourth-order valence-electron chi connectivity index (χ4n) is 4.13. The van der Waals surface area contributed by atoms with Gasteiger partial charge in [-0.15, -0.1) is 0 Å². The van der Waals surface area contributed by atoms with Crippen molar-refractivity contribution in [2.24, 2.45) is 5.73 Å². The molecule has 1 saturated heterocycles. The lowest BCUT2D eigenvalue weighted by Gasteiger charge is -2.32. The molecular formula is C25H27N5O5S. The first kappa shape index (κ1) is 25.1. The second kappa shape index (κ2) is 10.8. The second-order valence-corrected chi connectivity index (χ2v) is 9.25. The third kappa shape index (κ3) is 5.16. The van der Waals surface area contributed by atoms with Crippen molar-refractivity contribution in [1.29, 1.82) is 0 Å². The summed E-state index contributed by atoms with van der Waals surface area (Å²) in [7, 11) is 0. The summed E-state index contributed by atoms with van der Waals surface area (Å²) < 4.78 is 9.59. The highest BCUT2D eigenvalue weighted by Crippen LogP contribution is 2.35. The van der Waals surface area contributed by atoms with Crippen LogP contribution in [0.5, 0.6) is 5.75 Å². The number of para-hydroxylation sites is 1. The SMILES string of the molecule is Cc1ccccc1N(C(=O)c1snc(C(N)=O)c1N)[C@H](C(=O)NC[C@@H]1CCCO1)c1ccc(O)cc1. The molecule has 0 unspecified atom stereocenters. The van der Waals surface area contributed by atoms with Gasteiger partial charge in [-0.1, -0.05) is 30.3 Å². The first-order valence-corrected chi connectivity index (χ1v) is 12.2. The van der Waals surface area contributed by atoms with Crippen LogP contribution in [0.2, 0.25) is 0 Å². The summed E-state index contributed by atoms with van der Waals surface area (Å²) in [5.74, 6) is -1.89. The van der Waals surface area contributed by atoms with Crippen LogP contribution < -0.4 is 21.7 Å². The summed E-state index contributed by atoms with van der Waals surface area (Å²) in [6.07, 6.45) is 1.65. The Morgan fingerprint density at radius 2 is 1.94 bits per heavy atom. The molecule has 2 heterocycles. The van der Waals surface area contributed by atoms with Gasteiger partial charge in [0.25, 0.3) is 11.8 Å². The van der Waals surface area contributed by atoms with Crippen LogP contribution in [0.15, 0.2) is 48.5 Å². The van der Waals surface area contributed by atoms with Gasteiger partial charge in [-0.25, -0.2) is 0 Å². The number of nitrogens with zero attached hydrogens (tertiary/aromatic N) is 2. The highest BCUT2D eigenvalue weighted by atomic mass is 32.1. The monoisotopic (exact) mass is 509 g/mol. The number of benzene rings is 2. The highest BCUT2D eigenvalue weighted by molar-refractivity contribution is 7.09. The van der Waals surface area contributed by atoms with E-state index >= 15 is 0 Å². The van der Waals surface area contributed by atoms with Crippen LogP contribution in [0.4, 0.5) is 11.4 Å². The Hall–Kier alpha value is -3.96. The molecule has 4 rings (SSSR count). The van der Waals surface area contributed by atoms with E-state index in [1.807, 2.05) is 19.1 Å². The number of nitrogens with one attached hydrogen (secondary N) is 1. The van der Waals surface area contributed by atoms with Crippen LogP contribution in [0.25, 0.3) is 0 Å². The van der Waals surface area contributed by atoms with Crippen molar-refractivity contribution in [2.75, 3.05) is 23.8 Å². The molecule has 0 saturated carbocycles. The van der Waals surface area contributed by atoms with Crippen LogP contribution in [0.3, 0.4) is 0 Å². The van der Waals surface area contributed by atoms with Crippen LogP contribution >= 0.6 is 11.5 Å². The predicted molar refractivity (Wildman–Crippen MR) is 136 cm³/mol. The van der Waals surface area contributed by atoms with E-state index in [0.717, 1.165) is 29.9 Å². The van der Waals surface area contributed by atoms with Gasteiger partial charge in [-0.05, 0) is 60.6 Å². The van der Waals surface area contributed by atoms with Crippen LogP contribution in [0.1, 0.15) is 50.2 Å². The Bertz CT molecular complexity index is 1270. The molecular weight excluding hydrogens is 482 g/mol. The average Bonchev–Trinajstić information content (AvgIpc) is 3.52. The molecule has 2 aromatic carbocycles. The maximum Gasteiger partial charge on any atom is 0.273 e. The Morgan fingerprint density at radius 3 is 2.56 bits per heavy atom. The van der Waals surface area contributed by atoms with E-state index in [-0.39, 0.29) is 34.7 Å². The fourth-order valence-corrected chi connectivity index (χ4v) is 4.87. The molecule has 1 aromatic heterocycles. The number of hydrogen-bond donors (Lipinski definition) is 4. The largest absolute Gasteiger partial charge is 0.508 e. The Morgan fingerprint density at radius 1 is 1.22 bits per heavy atom. The molecule has 0 radical (unpaired) electrons. The topological polar surface area (TPSA) is 161 Å². The normalized spacial score (nSPS) is 15.9. The first-order chi connectivity index (χ1) is 17.3. The van der Waals surface area contributed by atoms with Crippen molar-refractivity contribution in [3.8, 4) is 5.75 Å². The number of phenols is 1. The lowest BCUT2D eigenvalue weighted by Crippen LogP contribution is -2.45. The molecule has 11 heteroatoms. The second-order valence-electron chi connectivity index (χ2n) is 8.47. The van der Waals surface area contributed by atoms with Crippen molar-refractivity contribution in [3.63, 3.8) is 0 Å². The number of aromatic nitrogens is 1. The van der Waals surface area contributed by atoms with Gasteiger partial charge in [0.1, 0.15) is 16.7 Å². The summed E-state index contributed by atoms with van der Waals surface area (Å²) in [6.45, 7) is 2.75. The Balaban J connectivity index is 1.82. The summed E-state index contributed by atoms with van der Waals surface area (Å²) in [4.78, 5) is 40.8. The molecule has 0 aliphatic carbocycles. The van der Waals surface area contributed by atoms with Crippen molar-refractivity contribution in [1.82, 2.24) is 9.69 Å². The van der Waals surface area contributed by atoms with Crippen molar-refractivity contribution < 1.29 is 24.2 Å². The van der Waals surface area contributed by atoms with Gasteiger partial charge in [0.05, 0.1) is 11.8 Å². The van der Waals surface area contributed by atoms with Gasteiger partial charge < -0.3 is 26.6 Å². The van der Waals surface area contributed by atoms with E-state index in [9.17, 15) is 19.5 Å². The molecule has 2 atom stereocenters. The molecule has 1 aliphatic rings. The maximum atomic E-state index is 14.0. The number of nitrogen functional groups attached to an aromatic ring is 1. The number of nitrogens with two attached hydrogens (primary N) is 2. The Kier molecular flexibility index (Phi) is 7.51. The minimum Gasteiger partial charge on any atom is -0.508 e. The summed E-state index contributed by atoms with van der Waals surface area (Å²) in [6, 6.07) is 12.0. The average molecular weight is 510 g/mol. The molecule has 188 valence electrons. The summed E-state index contributed by atoms with van der Waals surface area (Å²) in [5, 5.41) is 12.8. The molecule has 10 nitrogen and oxygen atoms in total. The first-order valence-electron chi connectivity index (χ1n) is 11.4. The van der Waals surface area contributed by atoms with E-state index in [0.29, 0.717) is 17.9 Å². The van der Waals surface area contributed by atoms with Gasteiger partial charge in [0.15, 0.2) is 5.69 Å². The van der Waals surface area contributed by atoms with E-state index < -0.39 is 23.8 Å². The molecule has 0 spiro atoms. The van der Waals surface area contributed by atoms with Crippen molar-refractivity contribution in [3.05, 3.63) is 70.2 Å². The zero-order valence-electron chi connectivity index (χ0n) is 19.6. The highest BCUT2D eigenvalue weighted by Gasteiger charge is 2.37. The molecule has 1 aliphatic heterocycles. The van der Waals surface area contributed by atoms with Gasteiger partial charge >= 0.3 is 0 Å². The standard InChI is InChI=1S/C25H27N5O5S/c1-14-5-2-3-7-18(14)30(25(34)22-19(26)20(23(27)32)29-36-22)21(15-8-10-16(31)11-9-15)24(33)28-13-17-6-4-12-35-17/h2-3,5,7-11,17,21,31H,4,6,12-13,26H2,1H3,(H2,27,32)(H,28,33)/t17-,21-/m0/s1. The summed E-state index contributed by atoms with van der Waals surface area (Å²) in [5.41, 5.74) is 12.8. The maximum absolute atomic E-state index is 14.0. The zero-order chi connectivity index (χ0) is 25.8. The number of anilines is 2. The molecule has 0 bridgehead atoms. The lowest BCUT2D eigenvalue weighted by atomic mass is 10.0. The number of amides is 3. The molecule has 6 N–H and O–H groups in total. The molecule has 3 aromatic rings. The number of rotatable bonds is 8. The number of aromatic hydroxyl groups is 1. The van der Waals surface area contributed by atoms with Gasteiger partial charge in [0.2, 0.25) is 5.91 Å². The van der Waals surface area contributed by atoms with Gasteiger partial charge in [-0.3, -0.25) is 19.3 Å². The van der Waals surface area contributed by atoms with Gasteiger partial charge in [0, 0.05) is 18.8 Å². The Labute approximate surface area is 212 Å². The van der Waals surface area contributed by atoms with Crippen LogP contribution in [0, 0.1) is 6.92 Å². The molecule has 3 amide bonds. The zero-order valence-corrected chi connectivity index (χ0v) is 20.5. The van der Waals surface area contributed by atoms with Crippen LogP contribution in [-0.2, 0) is 9.53 Å². The molecule has 1 fully saturated rings. The fraction of sp³-hybridized carbons (Fsp3) is 0.280.